The molecule has 2 aromatic carbocycles. The fourth-order valence-electron chi connectivity index (χ4n) is 2.66. The molecule has 0 aromatic heterocycles. The second kappa shape index (κ2) is 5.52. The van der Waals surface area contributed by atoms with Gasteiger partial charge in [-0.15, -0.1) is 0 Å². The molecule has 2 aromatic rings. The molecule has 1 unspecified atom stereocenters. The van der Waals surface area contributed by atoms with E-state index in [1.54, 1.807) is 19.2 Å². The first-order valence-corrected chi connectivity index (χ1v) is 7.01. The highest BCUT2D eigenvalue weighted by atomic mass is 16.3. The summed E-state index contributed by atoms with van der Waals surface area (Å²) in [4.78, 5) is 27.8. The van der Waals surface area contributed by atoms with E-state index in [4.69, 9.17) is 0 Å². The maximum atomic E-state index is 12.6. The number of hydrogen-bond donors (Lipinski definition) is 1. The number of amides is 2. The highest BCUT2D eigenvalue weighted by Gasteiger charge is 2.41. The summed E-state index contributed by atoms with van der Waals surface area (Å²) in [7, 11) is 1.80. The average molecular weight is 296 g/mol. The van der Waals surface area contributed by atoms with Crippen molar-refractivity contribution < 1.29 is 14.7 Å². The van der Waals surface area contributed by atoms with Crippen molar-refractivity contribution >= 4 is 23.2 Å². The first kappa shape index (κ1) is 14.1. The third-order valence-electron chi connectivity index (χ3n) is 3.84. The maximum Gasteiger partial charge on any atom is 0.256 e. The Morgan fingerprint density at radius 1 is 1.09 bits per heavy atom. The molecule has 112 valence electrons. The lowest BCUT2D eigenvalue weighted by Gasteiger charge is -2.25. The molecule has 0 aliphatic carbocycles. The number of phenolic OH excluding ortho intramolecular Hbond substituents is 1. The number of benzene rings is 2. The molecule has 1 N–H and O–H groups in total. The van der Waals surface area contributed by atoms with Crippen LogP contribution < -0.4 is 9.80 Å². The Bertz CT molecular complexity index is 715. The molecule has 5 nitrogen and oxygen atoms in total. The number of aromatic hydroxyl groups is 1. The summed E-state index contributed by atoms with van der Waals surface area (Å²) in [6.45, 7) is 0. The Hall–Kier alpha value is -2.82. The lowest BCUT2D eigenvalue weighted by molar-refractivity contribution is -0.121. The molecule has 2 amide bonds. The molecule has 0 bridgehead atoms. The Balaban J connectivity index is 1.89. The standard InChI is InChI=1S/C17H16N2O3/c1-18(12-6-3-2-4-7-12)15-11-16(21)19(17(15)22)13-8-5-9-14(20)10-13/h2-10,15,20H,11H2,1H3. The first-order chi connectivity index (χ1) is 10.6. The molecule has 1 fully saturated rings. The van der Waals surface area contributed by atoms with Gasteiger partial charge in [0.2, 0.25) is 5.91 Å². The van der Waals surface area contributed by atoms with Crippen LogP contribution in [-0.2, 0) is 9.59 Å². The number of imide groups is 1. The van der Waals surface area contributed by atoms with Gasteiger partial charge >= 0.3 is 0 Å². The van der Waals surface area contributed by atoms with Gasteiger partial charge in [-0.3, -0.25) is 9.59 Å². The second-order valence-electron chi connectivity index (χ2n) is 5.25. The molecule has 1 saturated heterocycles. The fourth-order valence-corrected chi connectivity index (χ4v) is 2.66. The van der Waals surface area contributed by atoms with Crippen molar-refractivity contribution in [1.29, 1.82) is 0 Å². The van der Waals surface area contributed by atoms with Gasteiger partial charge in [-0.25, -0.2) is 4.90 Å². The van der Waals surface area contributed by atoms with E-state index in [1.165, 1.54) is 12.1 Å². The molecule has 0 spiro atoms. The van der Waals surface area contributed by atoms with Crippen LogP contribution >= 0.6 is 0 Å². The van der Waals surface area contributed by atoms with Gasteiger partial charge in [-0.05, 0) is 24.3 Å². The van der Waals surface area contributed by atoms with Gasteiger partial charge in [0.15, 0.2) is 0 Å². The molecule has 0 saturated carbocycles. The summed E-state index contributed by atoms with van der Waals surface area (Å²) in [5, 5.41) is 9.54. The number of carbonyl (C=O) groups excluding carboxylic acids is 2. The lowest BCUT2D eigenvalue weighted by atomic mass is 10.2. The molecule has 1 aliphatic rings. The number of likely N-dealkylation sites (N-methyl/N-ethyl adjacent to an activating group) is 1. The minimum Gasteiger partial charge on any atom is -0.508 e. The smallest absolute Gasteiger partial charge is 0.256 e. The van der Waals surface area contributed by atoms with Crippen LogP contribution in [0.4, 0.5) is 11.4 Å². The zero-order chi connectivity index (χ0) is 15.7. The van der Waals surface area contributed by atoms with Gasteiger partial charge in [-0.2, -0.15) is 0 Å². The van der Waals surface area contributed by atoms with Crippen LogP contribution in [0.3, 0.4) is 0 Å². The molecule has 1 atom stereocenters. The summed E-state index contributed by atoms with van der Waals surface area (Å²) in [6, 6.07) is 15.1. The second-order valence-corrected chi connectivity index (χ2v) is 5.25. The van der Waals surface area contributed by atoms with E-state index >= 15 is 0 Å². The summed E-state index contributed by atoms with van der Waals surface area (Å²) < 4.78 is 0. The van der Waals surface area contributed by atoms with Crippen molar-refractivity contribution in [3.05, 3.63) is 54.6 Å². The highest BCUT2D eigenvalue weighted by molar-refractivity contribution is 6.23. The van der Waals surface area contributed by atoms with E-state index in [1.807, 2.05) is 35.2 Å². The number of rotatable bonds is 3. The number of nitrogens with zero attached hydrogens (tertiary/aromatic N) is 2. The lowest BCUT2D eigenvalue weighted by Crippen LogP contribution is -2.40. The van der Waals surface area contributed by atoms with Gasteiger partial charge in [0.25, 0.3) is 5.91 Å². The van der Waals surface area contributed by atoms with Gasteiger partial charge < -0.3 is 10.0 Å². The van der Waals surface area contributed by atoms with Crippen LogP contribution in [0.1, 0.15) is 6.42 Å². The van der Waals surface area contributed by atoms with Crippen molar-refractivity contribution in [2.45, 2.75) is 12.5 Å². The Morgan fingerprint density at radius 3 is 2.50 bits per heavy atom. The number of carbonyl (C=O) groups is 2. The van der Waals surface area contributed by atoms with Crippen molar-refractivity contribution in [3.8, 4) is 5.75 Å². The van der Waals surface area contributed by atoms with Crippen LogP contribution in [0.2, 0.25) is 0 Å². The van der Waals surface area contributed by atoms with Crippen LogP contribution in [0, 0.1) is 0 Å². The molecule has 1 heterocycles. The Kier molecular flexibility index (Phi) is 3.55. The third-order valence-corrected chi connectivity index (χ3v) is 3.84. The molecule has 22 heavy (non-hydrogen) atoms. The summed E-state index contributed by atoms with van der Waals surface area (Å²) in [6.07, 6.45) is 0.125. The van der Waals surface area contributed by atoms with Gasteiger partial charge in [0.1, 0.15) is 11.8 Å². The molecular formula is C17H16N2O3. The van der Waals surface area contributed by atoms with Crippen molar-refractivity contribution in [2.75, 3.05) is 16.8 Å². The number of phenols is 1. The van der Waals surface area contributed by atoms with Gasteiger partial charge in [-0.1, -0.05) is 24.3 Å². The van der Waals surface area contributed by atoms with Gasteiger partial charge in [0, 0.05) is 18.8 Å². The van der Waals surface area contributed by atoms with Crippen molar-refractivity contribution in [2.24, 2.45) is 0 Å². The zero-order valence-corrected chi connectivity index (χ0v) is 12.1. The van der Waals surface area contributed by atoms with Crippen LogP contribution in [-0.4, -0.2) is 30.0 Å². The largest absolute Gasteiger partial charge is 0.508 e. The molecule has 0 radical (unpaired) electrons. The molecule has 1 aliphatic heterocycles. The van der Waals surface area contributed by atoms with Gasteiger partial charge in [0.05, 0.1) is 12.1 Å². The van der Waals surface area contributed by atoms with E-state index in [-0.39, 0.29) is 24.0 Å². The first-order valence-electron chi connectivity index (χ1n) is 7.01. The van der Waals surface area contributed by atoms with E-state index < -0.39 is 6.04 Å². The van der Waals surface area contributed by atoms with Crippen molar-refractivity contribution in [3.63, 3.8) is 0 Å². The van der Waals surface area contributed by atoms with E-state index in [0.29, 0.717) is 5.69 Å². The van der Waals surface area contributed by atoms with Crippen LogP contribution in [0.5, 0.6) is 5.75 Å². The fraction of sp³-hybridized carbons (Fsp3) is 0.176. The number of hydrogen-bond acceptors (Lipinski definition) is 4. The monoisotopic (exact) mass is 296 g/mol. The normalized spacial score (nSPS) is 17.9. The minimum atomic E-state index is -0.530. The summed E-state index contributed by atoms with van der Waals surface area (Å²) >= 11 is 0. The highest BCUT2D eigenvalue weighted by Crippen LogP contribution is 2.29. The molecule has 5 heteroatoms. The number of anilines is 2. The zero-order valence-electron chi connectivity index (χ0n) is 12.1. The predicted molar refractivity (Wildman–Crippen MR) is 83.8 cm³/mol. The molecular weight excluding hydrogens is 280 g/mol. The third kappa shape index (κ3) is 2.41. The summed E-state index contributed by atoms with van der Waals surface area (Å²) in [5.74, 6) is -0.511. The minimum absolute atomic E-state index is 0.0259. The molecule has 3 rings (SSSR count). The van der Waals surface area contributed by atoms with E-state index in [0.717, 1.165) is 10.6 Å². The predicted octanol–water partition coefficient (Wildman–Crippen LogP) is 2.16. The van der Waals surface area contributed by atoms with Crippen LogP contribution in [0.15, 0.2) is 54.6 Å². The Morgan fingerprint density at radius 2 is 1.82 bits per heavy atom. The van der Waals surface area contributed by atoms with E-state index in [2.05, 4.69) is 0 Å². The Labute approximate surface area is 128 Å². The topological polar surface area (TPSA) is 60.9 Å². The van der Waals surface area contributed by atoms with E-state index in [9.17, 15) is 14.7 Å². The average Bonchev–Trinajstić information content (AvgIpc) is 2.82. The maximum absolute atomic E-state index is 12.6. The number of para-hydroxylation sites is 1. The van der Waals surface area contributed by atoms with Crippen molar-refractivity contribution in [1.82, 2.24) is 0 Å². The quantitative estimate of drug-likeness (QED) is 0.882. The SMILES string of the molecule is CN(c1ccccc1)C1CC(=O)N(c2cccc(O)c2)C1=O. The summed E-state index contributed by atoms with van der Waals surface area (Å²) in [5.41, 5.74) is 1.28. The van der Waals surface area contributed by atoms with Crippen LogP contribution in [0.25, 0.3) is 0 Å².